The highest BCUT2D eigenvalue weighted by Gasteiger charge is 2.22. The summed E-state index contributed by atoms with van der Waals surface area (Å²) >= 11 is 0. The molecule has 2 aromatic rings. The minimum Gasteiger partial charge on any atom is -0.465 e. The molecule has 0 radical (unpaired) electrons. The van der Waals surface area contributed by atoms with E-state index in [0.29, 0.717) is 18.8 Å². The highest BCUT2D eigenvalue weighted by atomic mass is 16.5. The number of nitrogens with one attached hydrogen (secondary N) is 1. The first-order valence-electron chi connectivity index (χ1n) is 9.00. The minimum absolute atomic E-state index is 0.0551. The number of nitrogens with zero attached hydrogens (tertiary/aromatic N) is 1. The van der Waals surface area contributed by atoms with Crippen molar-refractivity contribution in [1.82, 2.24) is 10.2 Å². The Bertz CT molecular complexity index is 775. The van der Waals surface area contributed by atoms with Gasteiger partial charge in [0.25, 0.3) is 5.91 Å². The first-order chi connectivity index (χ1) is 12.5. The van der Waals surface area contributed by atoms with E-state index in [9.17, 15) is 4.79 Å². The molecule has 1 atom stereocenters. The van der Waals surface area contributed by atoms with Crippen molar-refractivity contribution in [1.29, 1.82) is 0 Å². The average Bonchev–Trinajstić information content (AvgIpc) is 3.16. The van der Waals surface area contributed by atoms with Crippen molar-refractivity contribution in [2.45, 2.75) is 26.8 Å². The number of hydrogen-bond acceptors (Lipinski definition) is 4. The predicted octanol–water partition coefficient (Wildman–Crippen LogP) is 3.39. The molecular formula is C21H26N2O3. The molecule has 1 aliphatic rings. The molecule has 5 nitrogen and oxygen atoms in total. The number of ether oxygens (including phenoxy) is 1. The summed E-state index contributed by atoms with van der Waals surface area (Å²) in [7, 11) is 0. The fraction of sp³-hybridized carbons (Fsp3) is 0.381. The van der Waals surface area contributed by atoms with Gasteiger partial charge in [-0.3, -0.25) is 9.69 Å². The number of hydrogen-bond donors (Lipinski definition) is 1. The van der Waals surface area contributed by atoms with E-state index in [-0.39, 0.29) is 11.9 Å². The van der Waals surface area contributed by atoms with Crippen molar-refractivity contribution < 1.29 is 13.9 Å². The van der Waals surface area contributed by atoms with Gasteiger partial charge in [0.15, 0.2) is 0 Å². The van der Waals surface area contributed by atoms with Crippen molar-refractivity contribution >= 4 is 12.0 Å². The van der Waals surface area contributed by atoms with Gasteiger partial charge in [-0.25, -0.2) is 0 Å². The summed E-state index contributed by atoms with van der Waals surface area (Å²) in [6, 6.07) is 9.55. The summed E-state index contributed by atoms with van der Waals surface area (Å²) in [5.41, 5.74) is 3.77. The summed E-state index contributed by atoms with van der Waals surface area (Å²) in [5.74, 6) is 0.617. The van der Waals surface area contributed by atoms with E-state index < -0.39 is 0 Å². The van der Waals surface area contributed by atoms with Crippen molar-refractivity contribution in [3.63, 3.8) is 0 Å². The molecule has 1 aromatic heterocycles. The van der Waals surface area contributed by atoms with E-state index in [1.165, 1.54) is 5.56 Å². The summed E-state index contributed by atoms with van der Waals surface area (Å²) in [5, 5.41) is 3.10. The molecule has 0 saturated carbocycles. The van der Waals surface area contributed by atoms with Crippen LogP contribution in [0.3, 0.4) is 0 Å². The van der Waals surface area contributed by atoms with Crippen LogP contribution >= 0.6 is 0 Å². The quantitative estimate of drug-likeness (QED) is 0.894. The molecule has 5 heteroatoms. The van der Waals surface area contributed by atoms with Crippen LogP contribution in [0.2, 0.25) is 0 Å². The van der Waals surface area contributed by atoms with Gasteiger partial charge in [-0.15, -0.1) is 0 Å². The lowest BCUT2D eigenvalue weighted by molar-refractivity contribution is 0.0259. The zero-order valence-corrected chi connectivity index (χ0v) is 15.6. The number of amides is 1. The van der Waals surface area contributed by atoms with Gasteiger partial charge < -0.3 is 14.5 Å². The molecule has 1 aliphatic heterocycles. The second kappa shape index (κ2) is 8.34. The molecule has 138 valence electrons. The van der Waals surface area contributed by atoms with Crippen LogP contribution in [0.4, 0.5) is 0 Å². The zero-order chi connectivity index (χ0) is 18.5. The molecule has 0 aliphatic carbocycles. The van der Waals surface area contributed by atoms with E-state index in [0.717, 1.165) is 30.1 Å². The number of carbonyl (C=O) groups excluding carboxylic acids is 1. The Morgan fingerprint density at radius 2 is 1.96 bits per heavy atom. The normalized spacial score (nSPS) is 17.1. The third-order valence-electron chi connectivity index (χ3n) is 4.91. The van der Waals surface area contributed by atoms with Crippen LogP contribution in [0.15, 0.2) is 46.7 Å². The van der Waals surface area contributed by atoms with E-state index >= 15 is 0 Å². The van der Waals surface area contributed by atoms with Crippen LogP contribution in [0, 0.1) is 13.8 Å². The first kappa shape index (κ1) is 18.4. The Kier molecular flexibility index (Phi) is 5.91. The largest absolute Gasteiger partial charge is 0.465 e. The molecule has 2 heterocycles. The topological polar surface area (TPSA) is 54.7 Å². The van der Waals surface area contributed by atoms with Crippen LogP contribution in [0.25, 0.3) is 6.08 Å². The number of rotatable bonds is 5. The number of aryl methyl sites for hydroxylation is 2. The maximum Gasteiger partial charge on any atom is 0.255 e. The Hall–Kier alpha value is -2.37. The number of furan rings is 1. The molecule has 1 fully saturated rings. The Labute approximate surface area is 154 Å². The van der Waals surface area contributed by atoms with Gasteiger partial charge >= 0.3 is 0 Å². The van der Waals surface area contributed by atoms with E-state index in [1.54, 1.807) is 6.26 Å². The molecule has 0 spiro atoms. The molecule has 1 amide bonds. The smallest absolute Gasteiger partial charge is 0.255 e. The molecular weight excluding hydrogens is 328 g/mol. The van der Waals surface area contributed by atoms with Gasteiger partial charge in [0.2, 0.25) is 0 Å². The van der Waals surface area contributed by atoms with Crippen LogP contribution < -0.4 is 5.32 Å². The number of morpholine rings is 1. The number of carbonyl (C=O) groups is 1. The van der Waals surface area contributed by atoms with Crippen LogP contribution in [-0.4, -0.2) is 43.2 Å². The zero-order valence-electron chi connectivity index (χ0n) is 15.6. The first-order valence-corrected chi connectivity index (χ1v) is 9.00. The summed E-state index contributed by atoms with van der Waals surface area (Å²) in [6.07, 6.45) is 3.53. The third kappa shape index (κ3) is 4.42. The van der Waals surface area contributed by atoms with Crippen molar-refractivity contribution in [2.75, 3.05) is 26.3 Å². The lowest BCUT2D eigenvalue weighted by Crippen LogP contribution is -2.46. The van der Waals surface area contributed by atoms with Crippen molar-refractivity contribution in [3.05, 3.63) is 64.7 Å². The van der Waals surface area contributed by atoms with Crippen LogP contribution in [-0.2, 0) is 4.74 Å². The molecule has 1 N–H and O–H groups in total. The molecule has 1 aromatic carbocycles. The van der Waals surface area contributed by atoms with E-state index in [2.05, 4.69) is 17.1 Å². The van der Waals surface area contributed by atoms with Gasteiger partial charge in [-0.05, 0) is 56.2 Å². The number of benzene rings is 1. The van der Waals surface area contributed by atoms with Gasteiger partial charge in [-0.2, -0.15) is 0 Å². The maximum absolute atomic E-state index is 12.8. The van der Waals surface area contributed by atoms with E-state index in [4.69, 9.17) is 9.15 Å². The molecule has 1 saturated heterocycles. The SMILES string of the molecule is Cc1ccc(C(=O)N/C(=C\c2ccco2)C(C)N2CCOCC2)cc1C. The highest BCUT2D eigenvalue weighted by Crippen LogP contribution is 2.16. The predicted molar refractivity (Wildman–Crippen MR) is 102 cm³/mol. The molecule has 1 unspecified atom stereocenters. The van der Waals surface area contributed by atoms with E-state index in [1.807, 2.05) is 50.3 Å². The Morgan fingerprint density at radius 3 is 2.62 bits per heavy atom. The van der Waals surface area contributed by atoms with Gasteiger partial charge in [0.05, 0.1) is 19.5 Å². The standard InChI is InChI=1S/C21H26N2O3/c1-15-6-7-18(13-16(15)2)21(24)22-20(14-19-5-4-10-26-19)17(3)23-8-11-25-12-9-23/h4-7,10,13-14,17H,8-9,11-12H2,1-3H3,(H,22,24)/b20-14-. The fourth-order valence-electron chi connectivity index (χ4n) is 3.04. The van der Waals surface area contributed by atoms with Crippen LogP contribution in [0.5, 0.6) is 0 Å². The van der Waals surface area contributed by atoms with Crippen LogP contribution in [0.1, 0.15) is 34.2 Å². The van der Waals surface area contributed by atoms with Gasteiger partial charge in [0.1, 0.15) is 5.76 Å². The third-order valence-corrected chi connectivity index (χ3v) is 4.91. The Balaban J connectivity index is 1.83. The summed E-state index contributed by atoms with van der Waals surface area (Å²) < 4.78 is 10.9. The maximum atomic E-state index is 12.8. The fourth-order valence-corrected chi connectivity index (χ4v) is 3.04. The van der Waals surface area contributed by atoms with Crippen molar-refractivity contribution in [2.24, 2.45) is 0 Å². The molecule has 26 heavy (non-hydrogen) atoms. The van der Waals surface area contributed by atoms with Crippen molar-refractivity contribution in [3.8, 4) is 0 Å². The molecule has 0 bridgehead atoms. The summed E-state index contributed by atoms with van der Waals surface area (Å²) in [4.78, 5) is 15.1. The highest BCUT2D eigenvalue weighted by molar-refractivity contribution is 5.96. The summed E-state index contributed by atoms with van der Waals surface area (Å²) in [6.45, 7) is 9.27. The average molecular weight is 354 g/mol. The molecule has 3 rings (SSSR count). The Morgan fingerprint density at radius 1 is 1.19 bits per heavy atom. The van der Waals surface area contributed by atoms with Gasteiger partial charge in [-0.1, -0.05) is 6.07 Å². The second-order valence-electron chi connectivity index (χ2n) is 6.69. The lowest BCUT2D eigenvalue weighted by atomic mass is 10.1. The second-order valence-corrected chi connectivity index (χ2v) is 6.69. The lowest BCUT2D eigenvalue weighted by Gasteiger charge is -2.33. The van der Waals surface area contributed by atoms with Gasteiger partial charge in [0, 0.05) is 36.5 Å². The minimum atomic E-state index is -0.106. The monoisotopic (exact) mass is 354 g/mol.